The maximum Gasteiger partial charge on any atom is 0.255 e. The summed E-state index contributed by atoms with van der Waals surface area (Å²) in [5, 5.41) is 11.8. The van der Waals surface area contributed by atoms with Crippen molar-refractivity contribution in [3.05, 3.63) is 78.4 Å². The Morgan fingerprint density at radius 1 is 1.08 bits per heavy atom. The van der Waals surface area contributed by atoms with Gasteiger partial charge in [0.25, 0.3) is 5.91 Å². The number of benzene rings is 2. The van der Waals surface area contributed by atoms with Crippen molar-refractivity contribution in [3.8, 4) is 6.07 Å². The lowest BCUT2D eigenvalue weighted by Crippen LogP contribution is -2.13. The lowest BCUT2D eigenvalue weighted by atomic mass is 10.1. The minimum Gasteiger partial charge on any atom is -0.342 e. The molecule has 1 aromatic heterocycles. The fourth-order valence-corrected chi connectivity index (χ4v) is 2.34. The second-order valence-electron chi connectivity index (χ2n) is 5.35. The average Bonchev–Trinajstić information content (AvgIpc) is 2.68. The molecule has 122 valence electrons. The molecular formula is C19H15N5O. The first kappa shape index (κ1) is 16.1. The quantitative estimate of drug-likeness (QED) is 0.793. The first-order chi connectivity index (χ1) is 12.2. The van der Waals surface area contributed by atoms with Crippen LogP contribution in [-0.2, 0) is 0 Å². The zero-order chi connectivity index (χ0) is 17.6. The highest BCUT2D eigenvalue weighted by atomic mass is 16.1. The highest BCUT2D eigenvalue weighted by Crippen LogP contribution is 2.25. The molecule has 2 aromatic carbocycles. The number of aromatic nitrogens is 2. The maximum atomic E-state index is 12.4. The fourth-order valence-electron chi connectivity index (χ4n) is 2.34. The molecule has 0 fully saturated rings. The van der Waals surface area contributed by atoms with Gasteiger partial charge in [-0.2, -0.15) is 5.26 Å². The Kier molecular flexibility index (Phi) is 4.67. The largest absolute Gasteiger partial charge is 0.342 e. The van der Waals surface area contributed by atoms with E-state index in [0.717, 1.165) is 11.4 Å². The number of rotatable bonds is 4. The van der Waals surface area contributed by atoms with Gasteiger partial charge in [-0.15, -0.1) is 0 Å². The zero-order valence-electron chi connectivity index (χ0n) is 13.5. The Morgan fingerprint density at radius 2 is 1.84 bits per heavy atom. The van der Waals surface area contributed by atoms with E-state index in [1.54, 1.807) is 36.7 Å². The third-order valence-corrected chi connectivity index (χ3v) is 3.68. The first-order valence-electron chi connectivity index (χ1n) is 7.58. The summed E-state index contributed by atoms with van der Waals surface area (Å²) in [5.41, 5.74) is 3.28. The molecule has 0 aliphatic rings. The van der Waals surface area contributed by atoms with Crippen molar-refractivity contribution in [3.63, 3.8) is 0 Å². The van der Waals surface area contributed by atoms with Crippen LogP contribution in [0.15, 0.2) is 67.3 Å². The highest BCUT2D eigenvalue weighted by Gasteiger charge is 2.09. The molecule has 0 aliphatic heterocycles. The standard InChI is InChI=1S/C19H15N5O/c1-24(18-11-21-13-22-12-18)17-7-3-6-16(9-17)23-19(25)15-5-2-4-14(8-15)10-20/h2-9,11-13H,1H3,(H,23,25). The van der Waals surface area contributed by atoms with E-state index in [0.29, 0.717) is 16.8 Å². The SMILES string of the molecule is CN(c1cncnc1)c1cccc(NC(=O)c2cccc(C#N)c2)c1. The number of nitriles is 1. The van der Waals surface area contributed by atoms with Gasteiger partial charge in [0.05, 0.1) is 29.7 Å². The van der Waals surface area contributed by atoms with E-state index in [-0.39, 0.29) is 5.91 Å². The van der Waals surface area contributed by atoms with Crippen LogP contribution in [0.2, 0.25) is 0 Å². The lowest BCUT2D eigenvalue weighted by molar-refractivity contribution is 0.102. The van der Waals surface area contributed by atoms with Crippen LogP contribution in [0.25, 0.3) is 0 Å². The van der Waals surface area contributed by atoms with Gasteiger partial charge in [-0.25, -0.2) is 9.97 Å². The van der Waals surface area contributed by atoms with Crippen LogP contribution in [0.4, 0.5) is 17.1 Å². The molecule has 0 radical (unpaired) electrons. The zero-order valence-corrected chi connectivity index (χ0v) is 13.5. The number of anilines is 3. The summed E-state index contributed by atoms with van der Waals surface area (Å²) in [7, 11) is 1.90. The number of hydrogen-bond acceptors (Lipinski definition) is 5. The summed E-state index contributed by atoms with van der Waals surface area (Å²) < 4.78 is 0. The molecule has 3 aromatic rings. The number of nitrogens with one attached hydrogen (secondary N) is 1. The summed E-state index contributed by atoms with van der Waals surface area (Å²) in [4.78, 5) is 22.3. The van der Waals surface area contributed by atoms with Crippen LogP contribution in [-0.4, -0.2) is 22.9 Å². The Bertz CT molecular complexity index is 934. The van der Waals surface area contributed by atoms with Crippen molar-refractivity contribution >= 4 is 23.0 Å². The molecule has 0 saturated carbocycles. The molecule has 0 unspecified atom stereocenters. The Morgan fingerprint density at radius 3 is 2.60 bits per heavy atom. The fraction of sp³-hybridized carbons (Fsp3) is 0.0526. The number of hydrogen-bond donors (Lipinski definition) is 1. The predicted molar refractivity (Wildman–Crippen MR) is 95.6 cm³/mol. The van der Waals surface area contributed by atoms with E-state index in [4.69, 9.17) is 5.26 Å². The Hall–Kier alpha value is -3.72. The number of carbonyl (C=O) groups excluding carboxylic acids is 1. The minimum absolute atomic E-state index is 0.264. The van der Waals surface area contributed by atoms with Gasteiger partial charge < -0.3 is 10.2 Å². The predicted octanol–water partition coefficient (Wildman–Crippen LogP) is 3.37. The van der Waals surface area contributed by atoms with Crippen molar-refractivity contribution in [2.75, 3.05) is 17.3 Å². The van der Waals surface area contributed by atoms with Gasteiger partial charge in [0.15, 0.2) is 0 Å². The first-order valence-corrected chi connectivity index (χ1v) is 7.58. The molecule has 0 aliphatic carbocycles. The van der Waals surface area contributed by atoms with Crippen molar-refractivity contribution in [2.24, 2.45) is 0 Å². The van der Waals surface area contributed by atoms with Gasteiger partial charge in [0, 0.05) is 24.0 Å². The van der Waals surface area contributed by atoms with Crippen LogP contribution in [0, 0.1) is 11.3 Å². The summed E-state index contributed by atoms with van der Waals surface area (Å²) in [6.45, 7) is 0. The van der Waals surface area contributed by atoms with Crippen molar-refractivity contribution in [2.45, 2.75) is 0 Å². The lowest BCUT2D eigenvalue weighted by Gasteiger charge is -2.19. The molecule has 25 heavy (non-hydrogen) atoms. The molecule has 1 amide bonds. The van der Waals surface area contributed by atoms with E-state index < -0.39 is 0 Å². The molecule has 6 nitrogen and oxygen atoms in total. The normalized spacial score (nSPS) is 9.92. The monoisotopic (exact) mass is 329 g/mol. The van der Waals surface area contributed by atoms with E-state index in [2.05, 4.69) is 15.3 Å². The van der Waals surface area contributed by atoms with E-state index in [1.807, 2.05) is 42.3 Å². The molecule has 1 heterocycles. The van der Waals surface area contributed by atoms with Crippen LogP contribution < -0.4 is 10.2 Å². The number of nitrogens with zero attached hydrogens (tertiary/aromatic N) is 4. The van der Waals surface area contributed by atoms with Gasteiger partial charge in [0.2, 0.25) is 0 Å². The minimum atomic E-state index is -0.264. The van der Waals surface area contributed by atoms with Crippen LogP contribution in [0.5, 0.6) is 0 Å². The Labute approximate surface area is 145 Å². The van der Waals surface area contributed by atoms with Crippen LogP contribution in [0.3, 0.4) is 0 Å². The second-order valence-corrected chi connectivity index (χ2v) is 5.35. The van der Waals surface area contributed by atoms with E-state index >= 15 is 0 Å². The number of amides is 1. The molecule has 1 N–H and O–H groups in total. The smallest absolute Gasteiger partial charge is 0.255 e. The molecule has 0 saturated heterocycles. The van der Waals surface area contributed by atoms with Gasteiger partial charge in [0.1, 0.15) is 6.33 Å². The summed E-state index contributed by atoms with van der Waals surface area (Å²) in [6.07, 6.45) is 4.90. The van der Waals surface area contributed by atoms with Crippen molar-refractivity contribution in [1.29, 1.82) is 5.26 Å². The topological polar surface area (TPSA) is 81.9 Å². The third-order valence-electron chi connectivity index (χ3n) is 3.68. The maximum absolute atomic E-state index is 12.4. The molecule has 0 atom stereocenters. The van der Waals surface area contributed by atoms with Gasteiger partial charge >= 0.3 is 0 Å². The molecule has 0 spiro atoms. The summed E-state index contributed by atoms with van der Waals surface area (Å²) >= 11 is 0. The van der Waals surface area contributed by atoms with Crippen LogP contribution >= 0.6 is 0 Å². The average molecular weight is 329 g/mol. The molecule has 0 bridgehead atoms. The summed E-state index contributed by atoms with van der Waals surface area (Å²) in [6, 6.07) is 16.1. The second kappa shape index (κ2) is 7.23. The summed E-state index contributed by atoms with van der Waals surface area (Å²) in [5.74, 6) is -0.264. The van der Waals surface area contributed by atoms with Crippen molar-refractivity contribution in [1.82, 2.24) is 9.97 Å². The van der Waals surface area contributed by atoms with Crippen molar-refractivity contribution < 1.29 is 4.79 Å². The Balaban J connectivity index is 1.80. The third kappa shape index (κ3) is 3.79. The number of carbonyl (C=O) groups is 1. The van der Waals surface area contributed by atoms with Gasteiger partial charge in [-0.05, 0) is 36.4 Å². The van der Waals surface area contributed by atoms with Gasteiger partial charge in [-0.1, -0.05) is 12.1 Å². The molecule has 3 rings (SSSR count). The molecule has 6 heteroatoms. The van der Waals surface area contributed by atoms with Crippen LogP contribution in [0.1, 0.15) is 15.9 Å². The van der Waals surface area contributed by atoms with Gasteiger partial charge in [-0.3, -0.25) is 4.79 Å². The molecular weight excluding hydrogens is 314 g/mol. The van der Waals surface area contributed by atoms with E-state index in [1.165, 1.54) is 6.33 Å². The highest BCUT2D eigenvalue weighted by molar-refractivity contribution is 6.04. The van der Waals surface area contributed by atoms with E-state index in [9.17, 15) is 4.79 Å².